The maximum Gasteiger partial charge on any atom is 0.232 e. The zero-order valence-corrected chi connectivity index (χ0v) is 15.4. The van der Waals surface area contributed by atoms with Gasteiger partial charge in [-0.25, -0.2) is 4.98 Å². The Morgan fingerprint density at radius 3 is 2.71 bits per heavy atom. The predicted octanol–water partition coefficient (Wildman–Crippen LogP) is 3.43. The predicted molar refractivity (Wildman–Crippen MR) is 99.4 cm³/mol. The highest BCUT2D eigenvalue weighted by Crippen LogP contribution is 2.24. The van der Waals surface area contributed by atoms with E-state index in [-0.39, 0.29) is 17.7 Å². The van der Waals surface area contributed by atoms with Crippen molar-refractivity contribution in [3.8, 4) is 10.6 Å². The van der Waals surface area contributed by atoms with Crippen LogP contribution in [0.3, 0.4) is 0 Å². The molecular formula is C18H22N2O2S2. The molecule has 1 aromatic heterocycles. The van der Waals surface area contributed by atoms with Crippen LogP contribution in [0.1, 0.15) is 36.9 Å². The smallest absolute Gasteiger partial charge is 0.232 e. The Balaban J connectivity index is 1.53. The highest BCUT2D eigenvalue weighted by atomic mass is 32.2. The van der Waals surface area contributed by atoms with Gasteiger partial charge in [-0.05, 0) is 19.8 Å². The van der Waals surface area contributed by atoms with Gasteiger partial charge in [0.1, 0.15) is 10.8 Å². The summed E-state index contributed by atoms with van der Waals surface area (Å²) < 4.78 is 12.2. The summed E-state index contributed by atoms with van der Waals surface area (Å²) in [5.74, 6) is 0.295. The molecule has 1 amide bonds. The number of aromatic nitrogens is 1. The monoisotopic (exact) mass is 362 g/mol. The molecule has 3 rings (SSSR count). The van der Waals surface area contributed by atoms with Gasteiger partial charge >= 0.3 is 0 Å². The minimum absolute atomic E-state index is 0.0634. The number of carbonyl (C=O) groups excluding carboxylic acids is 1. The highest BCUT2D eigenvalue weighted by molar-refractivity contribution is 7.84. The van der Waals surface area contributed by atoms with E-state index in [1.54, 1.807) is 11.3 Å². The first-order chi connectivity index (χ1) is 11.6. The first-order valence-corrected chi connectivity index (χ1v) is 10.6. The van der Waals surface area contributed by atoms with Gasteiger partial charge in [-0.3, -0.25) is 9.00 Å². The summed E-state index contributed by atoms with van der Waals surface area (Å²) in [7, 11) is -1.22. The first kappa shape index (κ1) is 17.3. The second-order valence-corrected chi connectivity index (χ2v) is 8.60. The van der Waals surface area contributed by atoms with E-state index in [1.807, 2.05) is 17.5 Å². The van der Waals surface area contributed by atoms with Crippen molar-refractivity contribution in [3.63, 3.8) is 0 Å². The number of amides is 1. The molecule has 1 aromatic carbocycles. The number of aryl methyl sites for hydroxylation is 1. The fourth-order valence-corrected chi connectivity index (χ4v) is 4.79. The fraction of sp³-hybridized carbons (Fsp3) is 0.444. The van der Waals surface area contributed by atoms with Crippen LogP contribution >= 0.6 is 11.3 Å². The maximum atomic E-state index is 12.2. The van der Waals surface area contributed by atoms with Crippen LogP contribution in [0.25, 0.3) is 10.6 Å². The van der Waals surface area contributed by atoms with E-state index in [2.05, 4.69) is 29.4 Å². The fourth-order valence-electron chi connectivity index (χ4n) is 2.90. The molecule has 1 atom stereocenters. The number of carbonyl (C=O) groups is 1. The van der Waals surface area contributed by atoms with Crippen molar-refractivity contribution in [3.05, 3.63) is 40.9 Å². The van der Waals surface area contributed by atoms with Gasteiger partial charge in [-0.2, -0.15) is 0 Å². The Labute approximate surface area is 149 Å². The van der Waals surface area contributed by atoms with Crippen LogP contribution in [0.2, 0.25) is 0 Å². The number of thiazole rings is 1. The van der Waals surface area contributed by atoms with E-state index < -0.39 is 10.8 Å². The van der Waals surface area contributed by atoms with Gasteiger partial charge in [0.05, 0.1) is 11.4 Å². The number of nitrogens with one attached hydrogen (secondary N) is 1. The van der Waals surface area contributed by atoms with Gasteiger partial charge in [0.2, 0.25) is 5.91 Å². The Morgan fingerprint density at radius 1 is 1.29 bits per heavy atom. The third-order valence-electron chi connectivity index (χ3n) is 4.17. The lowest BCUT2D eigenvalue weighted by Crippen LogP contribution is -2.35. The quantitative estimate of drug-likeness (QED) is 0.856. The SMILES string of the molecule is Cc1ccc(-c2nc(C[S@](=O)CC(=O)NC3CCCC3)cs2)cc1. The number of nitrogens with zero attached hydrogens (tertiary/aromatic N) is 1. The summed E-state index contributed by atoms with van der Waals surface area (Å²) in [5.41, 5.74) is 3.08. The summed E-state index contributed by atoms with van der Waals surface area (Å²) in [6.45, 7) is 2.05. The van der Waals surface area contributed by atoms with Crippen molar-refractivity contribution in [2.24, 2.45) is 0 Å². The molecule has 1 heterocycles. The number of hydrogen-bond acceptors (Lipinski definition) is 4. The lowest BCUT2D eigenvalue weighted by atomic mass is 10.2. The zero-order chi connectivity index (χ0) is 16.9. The Hall–Kier alpha value is -1.53. The molecule has 1 aliphatic carbocycles. The molecule has 128 valence electrons. The third-order valence-corrected chi connectivity index (χ3v) is 6.31. The molecule has 0 bridgehead atoms. The number of benzene rings is 1. The molecule has 2 aromatic rings. The van der Waals surface area contributed by atoms with Crippen LogP contribution < -0.4 is 5.32 Å². The van der Waals surface area contributed by atoms with E-state index in [0.717, 1.165) is 29.1 Å². The lowest BCUT2D eigenvalue weighted by molar-refractivity contribution is -0.119. The molecule has 0 unspecified atom stereocenters. The average molecular weight is 363 g/mol. The number of rotatable bonds is 6. The molecule has 0 spiro atoms. The van der Waals surface area contributed by atoms with E-state index in [1.165, 1.54) is 18.4 Å². The molecule has 1 fully saturated rings. The van der Waals surface area contributed by atoms with Gasteiger partial charge in [0.25, 0.3) is 0 Å². The van der Waals surface area contributed by atoms with E-state index in [9.17, 15) is 9.00 Å². The van der Waals surface area contributed by atoms with Gasteiger partial charge in [0, 0.05) is 27.8 Å². The van der Waals surface area contributed by atoms with Crippen molar-refractivity contribution >= 4 is 28.0 Å². The third kappa shape index (κ3) is 4.74. The average Bonchev–Trinajstić information content (AvgIpc) is 3.19. The van der Waals surface area contributed by atoms with Gasteiger partial charge in [-0.1, -0.05) is 42.7 Å². The molecule has 4 nitrogen and oxygen atoms in total. The summed E-state index contributed by atoms with van der Waals surface area (Å²) in [6, 6.07) is 8.49. The molecule has 1 N–H and O–H groups in total. The zero-order valence-electron chi connectivity index (χ0n) is 13.8. The highest BCUT2D eigenvalue weighted by Gasteiger charge is 2.18. The van der Waals surface area contributed by atoms with Crippen molar-refractivity contribution in [2.45, 2.75) is 44.4 Å². The van der Waals surface area contributed by atoms with Crippen molar-refractivity contribution in [2.75, 3.05) is 5.75 Å². The molecule has 6 heteroatoms. The summed E-state index contributed by atoms with van der Waals surface area (Å²) in [4.78, 5) is 16.5. The van der Waals surface area contributed by atoms with Crippen molar-refractivity contribution < 1.29 is 9.00 Å². The lowest BCUT2D eigenvalue weighted by Gasteiger charge is -2.11. The van der Waals surface area contributed by atoms with E-state index in [4.69, 9.17) is 0 Å². The standard InChI is InChI=1S/C18H22N2O2S2/c1-13-6-8-14(9-7-13)18-20-16(10-23-18)11-24(22)12-17(21)19-15-4-2-3-5-15/h6-10,15H,2-5,11-12H2,1H3,(H,19,21)/t24-/m0/s1. The molecule has 0 radical (unpaired) electrons. The number of hydrogen-bond donors (Lipinski definition) is 1. The Morgan fingerprint density at radius 2 is 2.00 bits per heavy atom. The van der Waals surface area contributed by atoms with Gasteiger partial charge in [-0.15, -0.1) is 11.3 Å². The molecule has 1 saturated carbocycles. The van der Waals surface area contributed by atoms with Crippen LogP contribution in [0.5, 0.6) is 0 Å². The Bertz CT molecular complexity index is 719. The van der Waals surface area contributed by atoms with Crippen LogP contribution in [-0.2, 0) is 21.3 Å². The van der Waals surface area contributed by atoms with Crippen molar-refractivity contribution in [1.82, 2.24) is 10.3 Å². The van der Waals surface area contributed by atoms with E-state index >= 15 is 0 Å². The van der Waals surface area contributed by atoms with E-state index in [0.29, 0.717) is 5.75 Å². The Kier molecular flexibility index (Phi) is 5.79. The maximum absolute atomic E-state index is 12.2. The van der Waals surface area contributed by atoms with Crippen molar-refractivity contribution in [1.29, 1.82) is 0 Å². The normalized spacial score (nSPS) is 16.2. The summed E-state index contributed by atoms with van der Waals surface area (Å²) in [6.07, 6.45) is 4.44. The van der Waals surface area contributed by atoms with Gasteiger partial charge < -0.3 is 5.32 Å². The molecule has 1 aliphatic rings. The summed E-state index contributed by atoms with van der Waals surface area (Å²) in [5, 5.41) is 5.84. The van der Waals surface area contributed by atoms with Crippen LogP contribution in [0, 0.1) is 6.92 Å². The van der Waals surface area contributed by atoms with Crippen LogP contribution in [0.4, 0.5) is 0 Å². The minimum atomic E-state index is -1.22. The molecular weight excluding hydrogens is 340 g/mol. The van der Waals surface area contributed by atoms with Crippen LogP contribution in [0.15, 0.2) is 29.6 Å². The van der Waals surface area contributed by atoms with Crippen LogP contribution in [-0.4, -0.2) is 26.9 Å². The van der Waals surface area contributed by atoms with Gasteiger partial charge in [0.15, 0.2) is 0 Å². The summed E-state index contributed by atoms with van der Waals surface area (Å²) >= 11 is 1.55. The molecule has 24 heavy (non-hydrogen) atoms. The topological polar surface area (TPSA) is 59.1 Å². The molecule has 0 aliphatic heterocycles. The largest absolute Gasteiger partial charge is 0.353 e. The molecule has 0 saturated heterocycles. The second-order valence-electron chi connectivity index (χ2n) is 6.29. The second kappa shape index (κ2) is 8.03. The minimum Gasteiger partial charge on any atom is -0.353 e. The first-order valence-electron chi connectivity index (χ1n) is 8.26.